The van der Waals surface area contributed by atoms with Gasteiger partial charge in [-0.15, -0.1) is 0 Å². The molecule has 3 nitrogen and oxygen atoms in total. The van der Waals surface area contributed by atoms with Gasteiger partial charge >= 0.3 is 0 Å². The summed E-state index contributed by atoms with van der Waals surface area (Å²) in [5.41, 5.74) is 22.0. The number of rotatable bonds is 7. The molecule has 0 saturated carbocycles. The van der Waals surface area contributed by atoms with Crippen molar-refractivity contribution in [3.05, 3.63) is 211 Å². The Morgan fingerprint density at radius 2 is 1.10 bits per heavy atom. The summed E-state index contributed by atoms with van der Waals surface area (Å²) in [5, 5.41) is 0. The molecule has 7 aromatic carbocycles. The first-order chi connectivity index (χ1) is 32.9. The van der Waals surface area contributed by atoms with E-state index in [9.17, 15) is 0 Å². The Kier molecular flexibility index (Phi) is 11.0. The summed E-state index contributed by atoms with van der Waals surface area (Å²) in [6.07, 6.45) is 10.1. The molecule has 0 saturated heterocycles. The van der Waals surface area contributed by atoms with Gasteiger partial charge in [0.05, 0.1) is 11.4 Å². The third-order valence-electron chi connectivity index (χ3n) is 15.4. The fourth-order valence-corrected chi connectivity index (χ4v) is 11.9. The maximum atomic E-state index is 2.75. The third kappa shape index (κ3) is 7.54. The zero-order chi connectivity index (χ0) is 46.9. The molecule has 3 atom stereocenters. The van der Waals surface area contributed by atoms with E-state index in [1.165, 1.54) is 78.6 Å². The Hall–Kier alpha value is -6.78. The Morgan fingerprint density at radius 1 is 0.544 bits per heavy atom. The zero-order valence-corrected chi connectivity index (χ0v) is 41.2. The fraction of sp³-hybridized carbons (Fsp3) is 0.250. The Bertz CT molecular complexity index is 3110. The number of nitrogens with zero attached hydrogens (tertiary/aromatic N) is 3. The summed E-state index contributed by atoms with van der Waals surface area (Å²) in [4.78, 5) is 7.96. The van der Waals surface area contributed by atoms with Gasteiger partial charge in [0.1, 0.15) is 0 Å². The number of benzene rings is 7. The van der Waals surface area contributed by atoms with Crippen molar-refractivity contribution in [2.45, 2.75) is 80.1 Å². The van der Waals surface area contributed by atoms with E-state index in [0.717, 1.165) is 30.6 Å². The van der Waals surface area contributed by atoms with Gasteiger partial charge in [0, 0.05) is 56.9 Å². The van der Waals surface area contributed by atoms with Gasteiger partial charge in [0.15, 0.2) is 0 Å². The summed E-state index contributed by atoms with van der Waals surface area (Å²) < 4.78 is 0. The van der Waals surface area contributed by atoms with E-state index in [4.69, 9.17) is 0 Å². The molecule has 2 aliphatic heterocycles. The van der Waals surface area contributed by atoms with E-state index >= 15 is 0 Å². The second-order valence-electron chi connectivity index (χ2n) is 21.9. The van der Waals surface area contributed by atoms with Gasteiger partial charge in [-0.3, -0.25) is 0 Å². The molecule has 2 aliphatic carbocycles. The minimum Gasteiger partial charge on any atom is -0.315 e. The standard InChI is InChI=1S/C64H64BN3/c1-43-24-18-21-33-55(43)66(49-29-16-11-17-30-49)50-41-59-61-60(42-50)68(57-35-23-20-32-52(57)46-27-14-10-15-28-46)62-44(2)38-48(64(6,7)8)40-54(62)65(61)53-39-47(63(3,4)5)36-37-58(53)67(59)56-34-22-19-31-51(56)45-25-12-9-13-26-45/h9-23,25-37,39,41-44,48H,24,38,40H2,1-8H3. The maximum absolute atomic E-state index is 2.75. The van der Waals surface area contributed by atoms with Gasteiger partial charge in [-0.05, 0) is 118 Å². The lowest BCUT2D eigenvalue weighted by molar-refractivity contribution is 0.197. The molecule has 68 heavy (non-hydrogen) atoms. The molecule has 3 unspecified atom stereocenters. The van der Waals surface area contributed by atoms with Gasteiger partial charge < -0.3 is 14.7 Å². The zero-order valence-electron chi connectivity index (χ0n) is 41.2. The van der Waals surface area contributed by atoms with Crippen LogP contribution in [0.1, 0.15) is 80.2 Å². The highest BCUT2D eigenvalue weighted by molar-refractivity contribution is 6.95. The predicted octanol–water partition coefficient (Wildman–Crippen LogP) is 16.4. The van der Waals surface area contributed by atoms with Crippen LogP contribution >= 0.6 is 0 Å². The number of fused-ring (bicyclic) bond motifs is 3. The van der Waals surface area contributed by atoms with Crippen molar-refractivity contribution >= 4 is 57.5 Å². The smallest absolute Gasteiger partial charge is 0.247 e. The topological polar surface area (TPSA) is 9.72 Å². The molecule has 4 heteroatoms. The minimum absolute atomic E-state index is 0.0375. The minimum atomic E-state index is -0.0375. The van der Waals surface area contributed by atoms with Crippen LogP contribution < -0.4 is 25.6 Å². The van der Waals surface area contributed by atoms with E-state index < -0.39 is 0 Å². The Balaban J connectivity index is 1.31. The van der Waals surface area contributed by atoms with Crippen molar-refractivity contribution in [2.24, 2.45) is 23.2 Å². The van der Waals surface area contributed by atoms with Gasteiger partial charge in [0.25, 0.3) is 0 Å². The average molecular weight is 886 g/mol. The highest BCUT2D eigenvalue weighted by Crippen LogP contribution is 2.55. The van der Waals surface area contributed by atoms with Crippen molar-refractivity contribution in [3.63, 3.8) is 0 Å². The molecular formula is C64H64BN3. The van der Waals surface area contributed by atoms with E-state index in [1.807, 2.05) is 0 Å². The van der Waals surface area contributed by atoms with Gasteiger partial charge in [0.2, 0.25) is 6.71 Å². The summed E-state index contributed by atoms with van der Waals surface area (Å²) >= 11 is 0. The third-order valence-corrected chi connectivity index (χ3v) is 15.4. The molecule has 2 heterocycles. The van der Waals surface area contributed by atoms with Crippen LogP contribution in [0, 0.1) is 23.2 Å². The Labute approximate surface area is 406 Å². The summed E-state index contributed by atoms with van der Waals surface area (Å²) in [5.74, 6) is 1.16. The molecule has 11 rings (SSSR count). The van der Waals surface area contributed by atoms with E-state index in [0.29, 0.717) is 17.8 Å². The second-order valence-corrected chi connectivity index (χ2v) is 21.9. The maximum Gasteiger partial charge on any atom is 0.247 e. The number of hydrogen-bond acceptors (Lipinski definition) is 3. The lowest BCUT2D eigenvalue weighted by Crippen LogP contribution is -2.58. The van der Waals surface area contributed by atoms with Crippen molar-refractivity contribution in [1.29, 1.82) is 0 Å². The molecule has 338 valence electrons. The van der Waals surface area contributed by atoms with E-state index in [1.54, 1.807) is 5.47 Å². The van der Waals surface area contributed by atoms with Crippen LogP contribution in [-0.2, 0) is 5.41 Å². The van der Waals surface area contributed by atoms with E-state index in [2.05, 4.69) is 258 Å². The average Bonchev–Trinajstić information content (AvgIpc) is 3.35. The Morgan fingerprint density at radius 3 is 1.69 bits per heavy atom. The molecule has 0 amide bonds. The number of allylic oxidation sites excluding steroid dienone is 6. The summed E-state index contributed by atoms with van der Waals surface area (Å²) in [6, 6.07) is 64.0. The summed E-state index contributed by atoms with van der Waals surface area (Å²) in [7, 11) is 0. The quantitative estimate of drug-likeness (QED) is 0.148. The van der Waals surface area contributed by atoms with Crippen LogP contribution in [-0.4, -0.2) is 6.71 Å². The first kappa shape index (κ1) is 43.8. The molecule has 4 aliphatic rings. The molecule has 0 spiro atoms. The molecule has 7 aromatic rings. The van der Waals surface area contributed by atoms with Crippen LogP contribution in [0.5, 0.6) is 0 Å². The number of anilines is 7. The van der Waals surface area contributed by atoms with Gasteiger partial charge in [-0.25, -0.2) is 0 Å². The van der Waals surface area contributed by atoms with Crippen LogP contribution in [0.2, 0.25) is 0 Å². The lowest BCUT2D eigenvalue weighted by atomic mass is 9.31. The van der Waals surface area contributed by atoms with Crippen molar-refractivity contribution in [1.82, 2.24) is 0 Å². The highest BCUT2D eigenvalue weighted by Gasteiger charge is 2.50. The SMILES string of the molecule is CC1CC=CC=C1N(c1ccccc1)c1cc2c3c(c1)N(c1ccccc1-c1ccccc1)c1ccc(C(C)(C)C)cc1B3C1=C(C(C)CC(C(C)(C)C)C1)N2c1ccccc1-c1ccccc1. The van der Waals surface area contributed by atoms with Gasteiger partial charge in [-0.2, -0.15) is 0 Å². The normalized spacial score (nSPS) is 18.7. The molecular weight excluding hydrogens is 822 g/mol. The highest BCUT2D eigenvalue weighted by atomic mass is 15.2. The molecule has 0 aromatic heterocycles. The second kappa shape index (κ2) is 17.1. The van der Waals surface area contributed by atoms with Gasteiger partial charge in [-0.1, -0.05) is 200 Å². The van der Waals surface area contributed by atoms with Crippen molar-refractivity contribution in [3.8, 4) is 22.3 Å². The summed E-state index contributed by atoms with van der Waals surface area (Å²) in [6.45, 7) is 19.5. The van der Waals surface area contributed by atoms with Crippen LogP contribution in [0.3, 0.4) is 0 Å². The molecule has 0 N–H and O–H groups in total. The predicted molar refractivity (Wildman–Crippen MR) is 292 cm³/mol. The van der Waals surface area contributed by atoms with Crippen LogP contribution in [0.4, 0.5) is 39.8 Å². The first-order valence-corrected chi connectivity index (χ1v) is 25.0. The lowest BCUT2D eigenvalue weighted by Gasteiger charge is -2.51. The molecule has 0 bridgehead atoms. The van der Waals surface area contributed by atoms with E-state index in [-0.39, 0.29) is 17.5 Å². The largest absolute Gasteiger partial charge is 0.315 e. The number of para-hydroxylation sites is 3. The van der Waals surface area contributed by atoms with Crippen molar-refractivity contribution < 1.29 is 0 Å². The monoisotopic (exact) mass is 886 g/mol. The van der Waals surface area contributed by atoms with Crippen LogP contribution in [0.15, 0.2) is 205 Å². The van der Waals surface area contributed by atoms with Crippen molar-refractivity contribution in [2.75, 3.05) is 14.7 Å². The van der Waals surface area contributed by atoms with Crippen LogP contribution in [0.25, 0.3) is 22.3 Å². The fourth-order valence-electron chi connectivity index (χ4n) is 11.9. The molecule has 0 radical (unpaired) electrons. The number of hydrogen-bond donors (Lipinski definition) is 0. The molecule has 0 fully saturated rings. The first-order valence-electron chi connectivity index (χ1n) is 25.0.